The van der Waals surface area contributed by atoms with Crippen molar-refractivity contribution in [1.29, 1.82) is 0 Å². The molecule has 0 aliphatic carbocycles. The van der Waals surface area contributed by atoms with Gasteiger partial charge in [0.2, 0.25) is 0 Å². The number of rotatable bonds is 9. The highest BCUT2D eigenvalue weighted by molar-refractivity contribution is 7.54. The Balaban J connectivity index is 2.47. The molecule has 0 N–H and O–H groups in total. The van der Waals surface area contributed by atoms with Gasteiger partial charge in [-0.2, -0.15) is 0 Å². The zero-order valence-corrected chi connectivity index (χ0v) is 14.5. The highest BCUT2D eigenvalue weighted by Crippen LogP contribution is 2.50. The molecule has 1 aromatic rings. The minimum absolute atomic E-state index is 0.242. The van der Waals surface area contributed by atoms with Crippen LogP contribution in [-0.2, 0) is 29.6 Å². The number of carbonyl (C=O) groups excluding carboxylic acids is 1. The van der Waals surface area contributed by atoms with Crippen LogP contribution in [0.3, 0.4) is 0 Å². The number of esters is 1. The molecule has 0 heterocycles. The Bertz CT molecular complexity index is 485. The zero-order chi connectivity index (χ0) is 16.6. The Morgan fingerprint density at radius 2 is 1.59 bits per heavy atom. The fourth-order valence-corrected chi connectivity index (χ4v) is 3.76. The number of carbonyl (C=O) groups is 1. The van der Waals surface area contributed by atoms with Crippen molar-refractivity contribution in [3.63, 3.8) is 0 Å². The third kappa shape index (κ3) is 7.74. The molecule has 0 saturated heterocycles. The quantitative estimate of drug-likeness (QED) is 0.509. The van der Waals surface area contributed by atoms with Crippen LogP contribution in [0.4, 0.5) is 0 Å². The van der Waals surface area contributed by atoms with Crippen molar-refractivity contribution >= 4 is 13.6 Å². The first-order chi connectivity index (χ1) is 10.3. The Hall–Kier alpha value is -1.16. The standard InChI is InChI=1S/C16H25O5P/c1-13(2)20-22(18,21-14(3)4)12-16(17)19-11-10-15-8-6-5-7-9-15/h5-9,13-14H,10-12H2,1-4H3. The number of benzene rings is 1. The molecule has 0 aliphatic rings. The molecule has 0 bridgehead atoms. The van der Waals surface area contributed by atoms with Gasteiger partial charge < -0.3 is 13.8 Å². The molecule has 0 saturated carbocycles. The molecule has 124 valence electrons. The molecular formula is C16H25O5P. The minimum Gasteiger partial charge on any atom is -0.465 e. The second-order valence-corrected chi connectivity index (χ2v) is 7.49. The van der Waals surface area contributed by atoms with Gasteiger partial charge in [0.05, 0.1) is 18.8 Å². The fourth-order valence-electron chi connectivity index (χ4n) is 1.87. The van der Waals surface area contributed by atoms with Crippen molar-refractivity contribution in [3.05, 3.63) is 35.9 Å². The summed E-state index contributed by atoms with van der Waals surface area (Å²) in [7, 11) is -3.47. The van der Waals surface area contributed by atoms with Crippen molar-refractivity contribution in [3.8, 4) is 0 Å². The number of hydrogen-bond acceptors (Lipinski definition) is 5. The number of hydrogen-bond donors (Lipinski definition) is 0. The van der Waals surface area contributed by atoms with Gasteiger partial charge in [-0.05, 0) is 33.3 Å². The predicted octanol–water partition coefficient (Wildman–Crippen LogP) is 3.82. The Morgan fingerprint density at radius 3 is 2.09 bits per heavy atom. The smallest absolute Gasteiger partial charge is 0.342 e. The molecule has 0 radical (unpaired) electrons. The molecule has 0 unspecified atom stereocenters. The van der Waals surface area contributed by atoms with E-state index < -0.39 is 13.6 Å². The van der Waals surface area contributed by atoms with Gasteiger partial charge in [-0.15, -0.1) is 0 Å². The van der Waals surface area contributed by atoms with Gasteiger partial charge in [-0.1, -0.05) is 30.3 Å². The Morgan fingerprint density at radius 1 is 1.05 bits per heavy atom. The van der Waals surface area contributed by atoms with Crippen LogP contribution in [0.1, 0.15) is 33.3 Å². The van der Waals surface area contributed by atoms with E-state index in [4.69, 9.17) is 13.8 Å². The van der Waals surface area contributed by atoms with Crippen LogP contribution in [0.15, 0.2) is 30.3 Å². The third-order valence-corrected chi connectivity index (χ3v) is 4.69. The van der Waals surface area contributed by atoms with Crippen molar-refractivity contribution in [2.75, 3.05) is 12.8 Å². The minimum atomic E-state index is -3.47. The average Bonchev–Trinajstić information content (AvgIpc) is 2.37. The molecular weight excluding hydrogens is 303 g/mol. The molecule has 0 aliphatic heterocycles. The summed E-state index contributed by atoms with van der Waals surface area (Å²) < 4.78 is 28.3. The molecule has 1 rings (SSSR count). The summed E-state index contributed by atoms with van der Waals surface area (Å²) in [6.07, 6.45) is -0.325. The van der Waals surface area contributed by atoms with Crippen LogP contribution in [-0.4, -0.2) is 30.9 Å². The highest BCUT2D eigenvalue weighted by atomic mass is 31.2. The molecule has 1 aromatic carbocycles. The Labute approximate surface area is 132 Å². The molecule has 0 spiro atoms. The summed E-state index contributed by atoms with van der Waals surface area (Å²) in [5, 5.41) is 0. The van der Waals surface area contributed by atoms with Gasteiger partial charge in [0.15, 0.2) is 0 Å². The monoisotopic (exact) mass is 328 g/mol. The Kier molecular flexibility index (Phi) is 7.80. The van der Waals surface area contributed by atoms with E-state index in [-0.39, 0.29) is 25.0 Å². The molecule has 22 heavy (non-hydrogen) atoms. The van der Waals surface area contributed by atoms with Gasteiger partial charge in [-0.3, -0.25) is 9.36 Å². The van der Waals surface area contributed by atoms with E-state index in [1.165, 1.54) is 0 Å². The molecule has 5 nitrogen and oxygen atoms in total. The second-order valence-electron chi connectivity index (χ2n) is 5.53. The maximum absolute atomic E-state index is 12.5. The third-order valence-electron chi connectivity index (χ3n) is 2.56. The van der Waals surface area contributed by atoms with Crippen LogP contribution in [0.25, 0.3) is 0 Å². The summed E-state index contributed by atoms with van der Waals surface area (Å²) in [5.41, 5.74) is 1.08. The summed E-state index contributed by atoms with van der Waals surface area (Å²) >= 11 is 0. The average molecular weight is 328 g/mol. The van der Waals surface area contributed by atoms with Crippen LogP contribution < -0.4 is 0 Å². The number of ether oxygens (including phenoxy) is 1. The van der Waals surface area contributed by atoms with E-state index in [1.807, 2.05) is 30.3 Å². The van der Waals surface area contributed by atoms with Crippen molar-refractivity contribution < 1.29 is 23.1 Å². The maximum atomic E-state index is 12.5. The first-order valence-electron chi connectivity index (χ1n) is 7.46. The van der Waals surface area contributed by atoms with Crippen molar-refractivity contribution in [2.45, 2.75) is 46.3 Å². The molecule has 0 amide bonds. The molecule has 0 fully saturated rings. The topological polar surface area (TPSA) is 61.8 Å². The molecule has 0 aromatic heterocycles. The second kappa shape index (κ2) is 9.09. The summed E-state index contributed by atoms with van der Waals surface area (Å²) in [5.74, 6) is -0.569. The van der Waals surface area contributed by atoms with Crippen LogP contribution >= 0.6 is 7.60 Å². The zero-order valence-electron chi connectivity index (χ0n) is 13.7. The lowest BCUT2D eigenvalue weighted by Gasteiger charge is -2.22. The summed E-state index contributed by atoms with van der Waals surface area (Å²) in [6.45, 7) is 7.23. The van der Waals surface area contributed by atoms with Gasteiger partial charge >= 0.3 is 13.6 Å². The van der Waals surface area contributed by atoms with Crippen LogP contribution in [0.5, 0.6) is 0 Å². The normalized spacial score (nSPS) is 11.9. The predicted molar refractivity (Wildman–Crippen MR) is 86.0 cm³/mol. The van der Waals surface area contributed by atoms with Crippen LogP contribution in [0.2, 0.25) is 0 Å². The summed E-state index contributed by atoms with van der Waals surface area (Å²) in [6, 6.07) is 9.71. The largest absolute Gasteiger partial charge is 0.465 e. The SMILES string of the molecule is CC(C)OP(=O)(CC(=O)OCCc1ccccc1)OC(C)C. The lowest BCUT2D eigenvalue weighted by molar-refractivity contribution is -0.140. The van der Waals surface area contributed by atoms with Gasteiger partial charge in [0.25, 0.3) is 0 Å². The first kappa shape index (κ1) is 18.9. The lowest BCUT2D eigenvalue weighted by Crippen LogP contribution is -2.18. The fraction of sp³-hybridized carbons (Fsp3) is 0.562. The molecule has 0 atom stereocenters. The van der Waals surface area contributed by atoms with Gasteiger partial charge in [-0.25, -0.2) is 0 Å². The van der Waals surface area contributed by atoms with E-state index >= 15 is 0 Å². The maximum Gasteiger partial charge on any atom is 0.342 e. The van der Waals surface area contributed by atoms with Crippen molar-refractivity contribution in [1.82, 2.24) is 0 Å². The van der Waals surface area contributed by atoms with E-state index in [0.717, 1.165) is 5.56 Å². The first-order valence-corrected chi connectivity index (χ1v) is 9.19. The van der Waals surface area contributed by atoms with E-state index in [1.54, 1.807) is 27.7 Å². The summed E-state index contributed by atoms with van der Waals surface area (Å²) in [4.78, 5) is 11.9. The van der Waals surface area contributed by atoms with Crippen LogP contribution in [0, 0.1) is 0 Å². The molecule has 6 heteroatoms. The lowest BCUT2D eigenvalue weighted by atomic mass is 10.2. The van der Waals surface area contributed by atoms with Crippen molar-refractivity contribution in [2.24, 2.45) is 0 Å². The van der Waals surface area contributed by atoms with Gasteiger partial charge in [0.1, 0.15) is 6.16 Å². The van der Waals surface area contributed by atoms with E-state index in [9.17, 15) is 9.36 Å². The highest BCUT2D eigenvalue weighted by Gasteiger charge is 2.31. The van der Waals surface area contributed by atoms with Gasteiger partial charge in [0, 0.05) is 6.42 Å². The van der Waals surface area contributed by atoms with E-state index in [2.05, 4.69) is 0 Å². The van der Waals surface area contributed by atoms with E-state index in [0.29, 0.717) is 6.42 Å².